The lowest BCUT2D eigenvalue weighted by atomic mass is 10.1. The first-order valence-corrected chi connectivity index (χ1v) is 8.28. The molecule has 122 valence electrons. The average Bonchev–Trinajstić information content (AvgIpc) is 3.06. The third-order valence-corrected chi connectivity index (χ3v) is 4.45. The van der Waals surface area contributed by atoms with E-state index in [-0.39, 0.29) is 17.6 Å². The summed E-state index contributed by atoms with van der Waals surface area (Å²) in [6.07, 6.45) is 3.64. The van der Waals surface area contributed by atoms with Gasteiger partial charge in [0.25, 0.3) is 0 Å². The monoisotopic (exact) mass is 333 g/mol. The summed E-state index contributed by atoms with van der Waals surface area (Å²) in [6, 6.07) is 8.31. The molecule has 0 bridgehead atoms. The number of carbonyl (C=O) groups is 2. The number of aliphatic carboxylic acids is 1. The highest BCUT2D eigenvalue weighted by molar-refractivity contribution is 7.99. The van der Waals surface area contributed by atoms with E-state index in [0.717, 1.165) is 11.4 Å². The van der Waals surface area contributed by atoms with Crippen LogP contribution in [0.5, 0.6) is 0 Å². The summed E-state index contributed by atoms with van der Waals surface area (Å²) in [4.78, 5) is 30.6. The molecular weight excluding hydrogens is 314 g/mol. The van der Waals surface area contributed by atoms with Crippen molar-refractivity contribution in [3.8, 4) is 0 Å². The van der Waals surface area contributed by atoms with E-state index in [2.05, 4.69) is 15.3 Å². The van der Waals surface area contributed by atoms with Crippen molar-refractivity contribution in [1.82, 2.24) is 15.3 Å². The van der Waals surface area contributed by atoms with Crippen LogP contribution in [0.3, 0.4) is 0 Å². The normalized spacial score (nSPS) is 13.3. The summed E-state index contributed by atoms with van der Waals surface area (Å²) in [6.45, 7) is 1.75. The van der Waals surface area contributed by atoms with Gasteiger partial charge in [-0.25, -0.2) is 9.78 Å². The van der Waals surface area contributed by atoms with Crippen molar-refractivity contribution in [3.63, 3.8) is 0 Å². The number of benzene rings is 1. The molecular formula is C16H19N3O3S. The molecule has 2 atom stereocenters. The number of nitrogens with zero attached hydrogens (tertiary/aromatic N) is 1. The van der Waals surface area contributed by atoms with Gasteiger partial charge in [0.2, 0.25) is 5.91 Å². The summed E-state index contributed by atoms with van der Waals surface area (Å²) >= 11 is 1.40. The molecule has 3 N–H and O–H groups in total. The number of H-pyrrole nitrogens is 1. The highest BCUT2D eigenvalue weighted by Crippen LogP contribution is 2.15. The number of rotatable bonds is 8. The Kier molecular flexibility index (Phi) is 6.22. The van der Waals surface area contributed by atoms with Crippen LogP contribution in [0.1, 0.15) is 18.3 Å². The van der Waals surface area contributed by atoms with Crippen molar-refractivity contribution in [2.45, 2.75) is 30.4 Å². The molecule has 23 heavy (non-hydrogen) atoms. The number of carbonyl (C=O) groups excluding carboxylic acids is 1. The van der Waals surface area contributed by atoms with Crippen molar-refractivity contribution < 1.29 is 14.7 Å². The first-order valence-electron chi connectivity index (χ1n) is 7.23. The number of nitrogens with one attached hydrogen (secondary N) is 2. The zero-order chi connectivity index (χ0) is 16.7. The van der Waals surface area contributed by atoms with Crippen LogP contribution < -0.4 is 5.32 Å². The SMILES string of the molecule is CC(SCc1ncc[nH]1)C(=O)N[C@@H](Cc1ccccc1)C(=O)O. The molecule has 1 heterocycles. The number of hydrogen-bond acceptors (Lipinski definition) is 4. The Morgan fingerprint density at radius 1 is 1.35 bits per heavy atom. The third kappa shape index (κ3) is 5.45. The molecule has 2 aromatic rings. The number of aromatic amines is 1. The summed E-state index contributed by atoms with van der Waals surface area (Å²) in [5.41, 5.74) is 0.871. The van der Waals surface area contributed by atoms with Gasteiger partial charge in [-0.15, -0.1) is 11.8 Å². The highest BCUT2D eigenvalue weighted by Gasteiger charge is 2.23. The molecule has 7 heteroatoms. The van der Waals surface area contributed by atoms with E-state index >= 15 is 0 Å². The van der Waals surface area contributed by atoms with Gasteiger partial charge in [-0.05, 0) is 12.5 Å². The quantitative estimate of drug-likeness (QED) is 0.685. The predicted octanol–water partition coefficient (Wildman–Crippen LogP) is 1.84. The average molecular weight is 333 g/mol. The Morgan fingerprint density at radius 2 is 2.09 bits per heavy atom. The molecule has 0 aliphatic carbocycles. The van der Waals surface area contributed by atoms with Crippen LogP contribution in [0.25, 0.3) is 0 Å². The zero-order valence-electron chi connectivity index (χ0n) is 12.7. The van der Waals surface area contributed by atoms with Crippen molar-refractivity contribution >= 4 is 23.6 Å². The van der Waals surface area contributed by atoms with Gasteiger partial charge in [-0.1, -0.05) is 30.3 Å². The van der Waals surface area contributed by atoms with E-state index in [1.807, 2.05) is 30.3 Å². The van der Waals surface area contributed by atoms with Gasteiger partial charge < -0.3 is 15.4 Å². The van der Waals surface area contributed by atoms with Crippen LogP contribution >= 0.6 is 11.8 Å². The Bertz CT molecular complexity index is 631. The van der Waals surface area contributed by atoms with E-state index in [1.165, 1.54) is 11.8 Å². The van der Waals surface area contributed by atoms with E-state index in [1.54, 1.807) is 19.3 Å². The highest BCUT2D eigenvalue weighted by atomic mass is 32.2. The van der Waals surface area contributed by atoms with E-state index in [4.69, 9.17) is 0 Å². The molecule has 0 saturated carbocycles. The maximum atomic E-state index is 12.2. The number of hydrogen-bond donors (Lipinski definition) is 3. The van der Waals surface area contributed by atoms with Crippen LogP contribution in [0.15, 0.2) is 42.7 Å². The molecule has 0 radical (unpaired) electrons. The molecule has 6 nitrogen and oxygen atoms in total. The van der Waals surface area contributed by atoms with Crippen LogP contribution in [0.2, 0.25) is 0 Å². The van der Waals surface area contributed by atoms with Gasteiger partial charge in [-0.2, -0.15) is 0 Å². The molecule has 0 fully saturated rings. The fourth-order valence-electron chi connectivity index (χ4n) is 2.00. The standard InChI is InChI=1S/C16H19N3O3S/c1-11(23-10-14-17-7-8-18-14)15(20)19-13(16(21)22)9-12-5-3-2-4-6-12/h2-8,11,13H,9-10H2,1H3,(H,17,18)(H,19,20)(H,21,22)/t11?,13-/m0/s1. The van der Waals surface area contributed by atoms with Crippen molar-refractivity contribution in [1.29, 1.82) is 0 Å². The van der Waals surface area contributed by atoms with Crippen LogP contribution in [-0.2, 0) is 21.8 Å². The largest absolute Gasteiger partial charge is 0.480 e. The minimum Gasteiger partial charge on any atom is -0.480 e. The van der Waals surface area contributed by atoms with Crippen molar-refractivity contribution in [3.05, 3.63) is 54.1 Å². The summed E-state index contributed by atoms with van der Waals surface area (Å²) in [5, 5.41) is 11.6. The second kappa shape index (κ2) is 8.38. The molecule has 1 aromatic carbocycles. The minimum atomic E-state index is -1.04. The second-order valence-electron chi connectivity index (χ2n) is 5.08. The predicted molar refractivity (Wildman–Crippen MR) is 89.1 cm³/mol. The Hall–Kier alpha value is -2.28. The number of aromatic nitrogens is 2. The first-order chi connectivity index (χ1) is 11.1. The number of carboxylic acid groups (broad SMARTS) is 1. The Labute approximate surface area is 138 Å². The minimum absolute atomic E-state index is 0.261. The molecule has 2 rings (SSSR count). The number of carboxylic acids is 1. The first kappa shape index (κ1) is 17.1. The molecule has 1 amide bonds. The van der Waals surface area contributed by atoms with Gasteiger partial charge in [0.1, 0.15) is 11.9 Å². The van der Waals surface area contributed by atoms with Crippen LogP contribution in [0, 0.1) is 0 Å². The van der Waals surface area contributed by atoms with E-state index in [9.17, 15) is 14.7 Å². The lowest BCUT2D eigenvalue weighted by Gasteiger charge is -2.17. The zero-order valence-corrected chi connectivity index (χ0v) is 13.5. The molecule has 1 unspecified atom stereocenters. The summed E-state index contributed by atoms with van der Waals surface area (Å²) in [5.74, 6) is 0.0295. The van der Waals surface area contributed by atoms with Gasteiger partial charge in [0.05, 0.1) is 11.0 Å². The maximum Gasteiger partial charge on any atom is 0.326 e. The lowest BCUT2D eigenvalue weighted by molar-refractivity contribution is -0.141. The molecule has 0 aliphatic heterocycles. The second-order valence-corrected chi connectivity index (χ2v) is 6.41. The van der Waals surface area contributed by atoms with Crippen LogP contribution in [-0.4, -0.2) is 38.2 Å². The fourth-order valence-corrected chi connectivity index (χ4v) is 2.78. The van der Waals surface area contributed by atoms with E-state index < -0.39 is 12.0 Å². The summed E-state index contributed by atoms with van der Waals surface area (Å²) in [7, 11) is 0. The Morgan fingerprint density at radius 3 is 2.70 bits per heavy atom. The summed E-state index contributed by atoms with van der Waals surface area (Å²) < 4.78 is 0. The third-order valence-electron chi connectivity index (χ3n) is 3.29. The molecule has 1 aromatic heterocycles. The Balaban J connectivity index is 1.88. The van der Waals surface area contributed by atoms with Gasteiger partial charge in [0.15, 0.2) is 0 Å². The fraction of sp³-hybridized carbons (Fsp3) is 0.312. The van der Waals surface area contributed by atoms with Gasteiger partial charge in [-0.3, -0.25) is 4.79 Å². The smallest absolute Gasteiger partial charge is 0.326 e. The van der Waals surface area contributed by atoms with Crippen molar-refractivity contribution in [2.75, 3.05) is 0 Å². The van der Waals surface area contributed by atoms with Gasteiger partial charge in [0, 0.05) is 18.8 Å². The van der Waals surface area contributed by atoms with E-state index in [0.29, 0.717) is 5.75 Å². The number of imidazole rings is 1. The lowest BCUT2D eigenvalue weighted by Crippen LogP contribution is -2.45. The number of thioether (sulfide) groups is 1. The van der Waals surface area contributed by atoms with Crippen molar-refractivity contribution in [2.24, 2.45) is 0 Å². The molecule has 0 saturated heterocycles. The molecule has 0 aliphatic rings. The topological polar surface area (TPSA) is 95.1 Å². The maximum absolute atomic E-state index is 12.2. The number of amides is 1. The molecule has 0 spiro atoms. The van der Waals surface area contributed by atoms with Crippen LogP contribution in [0.4, 0.5) is 0 Å². The van der Waals surface area contributed by atoms with Gasteiger partial charge >= 0.3 is 5.97 Å².